The molecule has 1 fully saturated rings. The maximum atomic E-state index is 12.8. The Kier molecular flexibility index (Phi) is 6.83. The maximum absolute atomic E-state index is 12.8. The summed E-state index contributed by atoms with van der Waals surface area (Å²) in [5.74, 6) is -0.125. The molecule has 2 aromatic rings. The molecule has 6 nitrogen and oxygen atoms in total. The zero-order chi connectivity index (χ0) is 20.0. The number of nitrogens with one attached hydrogen (secondary N) is 1. The first-order valence-electron chi connectivity index (χ1n) is 9.71. The van der Waals surface area contributed by atoms with Crippen molar-refractivity contribution in [2.24, 2.45) is 0 Å². The molecule has 1 aliphatic rings. The highest BCUT2D eigenvalue weighted by molar-refractivity contribution is 7.89. The second kappa shape index (κ2) is 9.32. The lowest BCUT2D eigenvalue weighted by Crippen LogP contribution is -3.13. The molecule has 28 heavy (non-hydrogen) atoms. The molecule has 0 saturated carbocycles. The van der Waals surface area contributed by atoms with Gasteiger partial charge in [0.05, 0.1) is 37.6 Å². The monoisotopic (exact) mass is 402 g/mol. The molecular formula is C21H28N3O3S+. The van der Waals surface area contributed by atoms with Crippen LogP contribution in [0.25, 0.3) is 0 Å². The molecule has 3 rings (SSSR count). The molecule has 1 aliphatic heterocycles. The number of sulfonamides is 1. The Morgan fingerprint density at radius 3 is 2.14 bits per heavy atom. The minimum atomic E-state index is -3.66. The lowest BCUT2D eigenvalue weighted by Gasteiger charge is -2.33. The van der Waals surface area contributed by atoms with E-state index in [1.54, 1.807) is 42.2 Å². The Balaban J connectivity index is 1.56. The molecule has 1 heterocycles. The predicted octanol–water partition coefficient (Wildman–Crippen LogP) is 0.625. The molecular weight excluding hydrogens is 374 g/mol. The van der Waals surface area contributed by atoms with E-state index in [-0.39, 0.29) is 23.9 Å². The van der Waals surface area contributed by atoms with Crippen LogP contribution in [0.2, 0.25) is 0 Å². The number of hydrogen-bond donors (Lipinski definition) is 1. The van der Waals surface area contributed by atoms with Crippen LogP contribution >= 0.6 is 0 Å². The largest absolute Gasteiger partial charge is 0.330 e. The fourth-order valence-electron chi connectivity index (χ4n) is 3.49. The summed E-state index contributed by atoms with van der Waals surface area (Å²) in [5.41, 5.74) is 1.29. The first kappa shape index (κ1) is 20.5. The number of rotatable bonds is 7. The van der Waals surface area contributed by atoms with Crippen LogP contribution in [0.3, 0.4) is 0 Å². The fraction of sp³-hybridized carbons (Fsp3) is 0.381. The van der Waals surface area contributed by atoms with E-state index in [1.807, 2.05) is 18.2 Å². The first-order valence-corrected chi connectivity index (χ1v) is 11.1. The van der Waals surface area contributed by atoms with Crippen LogP contribution in [0, 0.1) is 0 Å². The second-order valence-electron chi connectivity index (χ2n) is 7.04. The van der Waals surface area contributed by atoms with Crippen LogP contribution in [0.4, 0.5) is 0 Å². The highest BCUT2D eigenvalue weighted by Gasteiger charge is 2.29. The molecule has 2 aromatic carbocycles. The van der Waals surface area contributed by atoms with Crippen LogP contribution in [0.1, 0.15) is 12.5 Å². The smallest absolute Gasteiger partial charge is 0.243 e. The van der Waals surface area contributed by atoms with Crippen LogP contribution in [0.5, 0.6) is 0 Å². The third kappa shape index (κ3) is 4.98. The number of benzene rings is 2. The average Bonchev–Trinajstić information content (AvgIpc) is 2.73. The molecule has 1 amide bonds. The van der Waals surface area contributed by atoms with Crippen molar-refractivity contribution in [1.82, 2.24) is 9.21 Å². The van der Waals surface area contributed by atoms with Gasteiger partial charge in [-0.3, -0.25) is 4.79 Å². The number of amides is 1. The summed E-state index contributed by atoms with van der Waals surface area (Å²) in [7, 11) is -3.66. The molecule has 0 aliphatic carbocycles. The topological polar surface area (TPSA) is 62.1 Å². The summed E-state index contributed by atoms with van der Waals surface area (Å²) in [6.07, 6.45) is 0. The molecule has 0 aromatic heterocycles. The van der Waals surface area contributed by atoms with Gasteiger partial charge in [-0.1, -0.05) is 55.5 Å². The number of nitrogens with zero attached hydrogens (tertiary/aromatic N) is 2. The van der Waals surface area contributed by atoms with Gasteiger partial charge in [0.1, 0.15) is 6.54 Å². The van der Waals surface area contributed by atoms with Crippen molar-refractivity contribution in [2.45, 2.75) is 18.4 Å². The van der Waals surface area contributed by atoms with Crippen molar-refractivity contribution in [3.05, 3.63) is 66.2 Å². The van der Waals surface area contributed by atoms with Crippen molar-refractivity contribution in [1.29, 1.82) is 0 Å². The Hall–Kier alpha value is -2.22. The van der Waals surface area contributed by atoms with Gasteiger partial charge in [-0.2, -0.15) is 4.31 Å². The van der Waals surface area contributed by atoms with Crippen molar-refractivity contribution in [3.63, 3.8) is 0 Å². The molecule has 150 valence electrons. The summed E-state index contributed by atoms with van der Waals surface area (Å²) in [6, 6.07) is 18.6. The Morgan fingerprint density at radius 1 is 1.00 bits per heavy atom. The molecule has 1 N–H and O–H groups in total. The van der Waals surface area contributed by atoms with Crippen molar-refractivity contribution in [2.75, 3.05) is 39.3 Å². The van der Waals surface area contributed by atoms with E-state index in [0.29, 0.717) is 13.1 Å². The van der Waals surface area contributed by atoms with Crippen molar-refractivity contribution < 1.29 is 18.1 Å². The van der Waals surface area contributed by atoms with E-state index in [2.05, 4.69) is 12.1 Å². The normalized spacial score (nSPS) is 15.7. The van der Waals surface area contributed by atoms with Gasteiger partial charge in [-0.05, 0) is 12.1 Å². The molecule has 0 radical (unpaired) electrons. The standard InChI is InChI=1S/C21H27N3O3S/c1-2-24(28(26,27)20-11-7-4-8-12-20)18-21(25)23-15-13-22(14-16-23)17-19-9-5-3-6-10-19/h3-12H,2,13-18H2,1H3/p+1. The van der Waals surface area contributed by atoms with Crippen molar-refractivity contribution in [3.8, 4) is 0 Å². The van der Waals surface area contributed by atoms with Crippen molar-refractivity contribution >= 4 is 15.9 Å². The summed E-state index contributed by atoms with van der Waals surface area (Å²) >= 11 is 0. The number of carbonyl (C=O) groups is 1. The third-order valence-electron chi connectivity index (χ3n) is 5.17. The molecule has 7 heteroatoms. The summed E-state index contributed by atoms with van der Waals surface area (Å²) in [4.78, 5) is 16.2. The molecule has 0 atom stereocenters. The van der Waals surface area contributed by atoms with E-state index in [1.165, 1.54) is 14.8 Å². The lowest BCUT2D eigenvalue weighted by atomic mass is 10.2. The number of piperazine rings is 1. The Bertz CT molecular complexity index is 864. The van der Waals surface area contributed by atoms with E-state index in [0.717, 1.165) is 19.6 Å². The molecule has 1 saturated heterocycles. The fourth-order valence-corrected chi connectivity index (χ4v) is 4.91. The van der Waals surface area contributed by atoms with Gasteiger partial charge in [0.2, 0.25) is 15.9 Å². The molecule has 0 unspecified atom stereocenters. The molecule has 0 bridgehead atoms. The number of likely N-dealkylation sites (N-methyl/N-ethyl adjacent to an activating group) is 1. The Labute approximate surface area is 167 Å². The van der Waals surface area contributed by atoms with E-state index in [4.69, 9.17) is 0 Å². The second-order valence-corrected chi connectivity index (χ2v) is 8.98. The van der Waals surface area contributed by atoms with Gasteiger partial charge in [0.15, 0.2) is 0 Å². The minimum Gasteiger partial charge on any atom is -0.330 e. The third-order valence-corrected chi connectivity index (χ3v) is 7.10. The lowest BCUT2D eigenvalue weighted by molar-refractivity contribution is -0.917. The maximum Gasteiger partial charge on any atom is 0.243 e. The van der Waals surface area contributed by atoms with Gasteiger partial charge in [0.25, 0.3) is 0 Å². The minimum absolute atomic E-state index is 0.109. The van der Waals surface area contributed by atoms with E-state index >= 15 is 0 Å². The van der Waals surface area contributed by atoms with Crippen LogP contribution in [-0.2, 0) is 21.4 Å². The summed E-state index contributed by atoms with van der Waals surface area (Å²) < 4.78 is 26.8. The highest BCUT2D eigenvalue weighted by atomic mass is 32.2. The number of hydrogen-bond acceptors (Lipinski definition) is 3. The Morgan fingerprint density at radius 2 is 1.57 bits per heavy atom. The van der Waals surface area contributed by atoms with Gasteiger partial charge < -0.3 is 9.80 Å². The zero-order valence-corrected chi connectivity index (χ0v) is 17.1. The number of carbonyl (C=O) groups excluding carboxylic acids is 1. The van der Waals surface area contributed by atoms with Crippen LogP contribution in [-0.4, -0.2) is 62.8 Å². The first-order chi connectivity index (χ1) is 13.5. The zero-order valence-electron chi connectivity index (χ0n) is 16.3. The van der Waals surface area contributed by atoms with Crippen LogP contribution < -0.4 is 4.90 Å². The van der Waals surface area contributed by atoms with Gasteiger partial charge in [-0.15, -0.1) is 0 Å². The molecule has 0 spiro atoms. The summed E-state index contributed by atoms with van der Waals surface area (Å²) in [6.45, 7) is 5.93. The van der Waals surface area contributed by atoms with Gasteiger partial charge in [0, 0.05) is 12.1 Å². The summed E-state index contributed by atoms with van der Waals surface area (Å²) in [5, 5.41) is 0. The van der Waals surface area contributed by atoms with E-state index < -0.39 is 10.0 Å². The quantitative estimate of drug-likeness (QED) is 0.739. The SMILES string of the molecule is CCN(CC(=O)N1CC[NH+](Cc2ccccc2)CC1)S(=O)(=O)c1ccccc1. The average molecular weight is 403 g/mol. The van der Waals surface area contributed by atoms with E-state index in [9.17, 15) is 13.2 Å². The highest BCUT2D eigenvalue weighted by Crippen LogP contribution is 2.15. The number of quaternary nitrogens is 1. The van der Waals surface area contributed by atoms with Gasteiger partial charge >= 0.3 is 0 Å². The van der Waals surface area contributed by atoms with Gasteiger partial charge in [-0.25, -0.2) is 8.42 Å². The van der Waals surface area contributed by atoms with Crippen LogP contribution in [0.15, 0.2) is 65.6 Å². The predicted molar refractivity (Wildman–Crippen MR) is 108 cm³/mol.